The molecule has 0 spiro atoms. The lowest BCUT2D eigenvalue weighted by molar-refractivity contribution is -0.123. The van der Waals surface area contributed by atoms with E-state index >= 15 is 0 Å². The van der Waals surface area contributed by atoms with Gasteiger partial charge in [0.15, 0.2) is 6.61 Å². The second-order valence-corrected chi connectivity index (χ2v) is 4.94. The number of nitrogens with one attached hydrogen (secondary N) is 1. The van der Waals surface area contributed by atoms with Crippen LogP contribution in [0.4, 0.5) is 0 Å². The number of hydrazone groups is 1. The minimum Gasteiger partial charge on any atom is -0.508 e. The third kappa shape index (κ3) is 4.63. The Morgan fingerprint density at radius 1 is 1.23 bits per heavy atom. The van der Waals surface area contributed by atoms with Crippen LogP contribution in [0.3, 0.4) is 0 Å². The summed E-state index contributed by atoms with van der Waals surface area (Å²) < 4.78 is 5.45. The number of hydrogen-bond donors (Lipinski definition) is 2. The number of phenolic OH excluding ortho intramolecular Hbond substituents is 1. The fourth-order valence-corrected chi connectivity index (χ4v) is 1.88. The number of aryl methyl sites for hydroxylation is 2. The lowest BCUT2D eigenvalue weighted by Crippen LogP contribution is -2.24. The maximum absolute atomic E-state index is 11.6. The van der Waals surface area contributed by atoms with Crippen LogP contribution < -0.4 is 10.2 Å². The first-order chi connectivity index (χ1) is 10.5. The van der Waals surface area contributed by atoms with E-state index in [2.05, 4.69) is 10.5 Å². The van der Waals surface area contributed by atoms with Crippen molar-refractivity contribution in [2.45, 2.75) is 13.8 Å². The maximum Gasteiger partial charge on any atom is 0.277 e. The summed E-state index contributed by atoms with van der Waals surface area (Å²) in [5, 5.41) is 13.0. The standard InChI is InChI=1S/C17H18N2O3/c1-12-3-8-16(13(2)9-12)22-11-17(21)19-18-10-14-4-6-15(20)7-5-14/h3-10,20H,11H2,1-2H3,(H,19,21)/b18-10+. The molecule has 2 N–H and O–H groups in total. The fraction of sp³-hybridized carbons (Fsp3) is 0.176. The van der Waals surface area contributed by atoms with Gasteiger partial charge < -0.3 is 9.84 Å². The second kappa shape index (κ2) is 7.26. The van der Waals surface area contributed by atoms with Gasteiger partial charge >= 0.3 is 0 Å². The summed E-state index contributed by atoms with van der Waals surface area (Å²) in [6.45, 7) is 3.83. The highest BCUT2D eigenvalue weighted by Crippen LogP contribution is 2.18. The van der Waals surface area contributed by atoms with Crippen LogP contribution >= 0.6 is 0 Å². The van der Waals surface area contributed by atoms with Gasteiger partial charge in [-0.3, -0.25) is 4.79 Å². The smallest absolute Gasteiger partial charge is 0.277 e. The fourth-order valence-electron chi connectivity index (χ4n) is 1.88. The average molecular weight is 298 g/mol. The van der Waals surface area contributed by atoms with Crippen molar-refractivity contribution in [2.75, 3.05) is 6.61 Å². The van der Waals surface area contributed by atoms with Crippen molar-refractivity contribution in [1.29, 1.82) is 0 Å². The predicted molar refractivity (Wildman–Crippen MR) is 85.3 cm³/mol. The summed E-state index contributed by atoms with van der Waals surface area (Å²) in [6, 6.07) is 12.3. The van der Waals surface area contributed by atoms with Crippen LogP contribution in [0.5, 0.6) is 11.5 Å². The highest BCUT2D eigenvalue weighted by atomic mass is 16.5. The van der Waals surface area contributed by atoms with Crippen LogP contribution in [-0.4, -0.2) is 23.8 Å². The van der Waals surface area contributed by atoms with Crippen LogP contribution in [0.25, 0.3) is 0 Å². The molecule has 2 rings (SSSR count). The Hall–Kier alpha value is -2.82. The average Bonchev–Trinajstić information content (AvgIpc) is 2.48. The Labute approximate surface area is 129 Å². The van der Waals surface area contributed by atoms with E-state index in [-0.39, 0.29) is 18.3 Å². The quantitative estimate of drug-likeness (QED) is 0.658. The van der Waals surface area contributed by atoms with Gasteiger partial charge in [0.2, 0.25) is 0 Å². The molecule has 2 aromatic carbocycles. The van der Waals surface area contributed by atoms with Crippen molar-refractivity contribution < 1.29 is 14.6 Å². The van der Waals surface area contributed by atoms with Crippen molar-refractivity contribution in [3.05, 3.63) is 59.2 Å². The van der Waals surface area contributed by atoms with Crippen molar-refractivity contribution >= 4 is 12.1 Å². The molecular weight excluding hydrogens is 280 g/mol. The number of amides is 1. The summed E-state index contributed by atoms with van der Waals surface area (Å²) in [5.41, 5.74) is 5.29. The Bertz CT molecular complexity index is 679. The number of ether oxygens (including phenoxy) is 1. The van der Waals surface area contributed by atoms with Crippen LogP contribution in [0, 0.1) is 13.8 Å². The van der Waals surface area contributed by atoms with Gasteiger partial charge in [-0.1, -0.05) is 17.7 Å². The van der Waals surface area contributed by atoms with E-state index in [9.17, 15) is 4.79 Å². The molecular formula is C17H18N2O3. The van der Waals surface area contributed by atoms with Crippen molar-refractivity contribution in [3.8, 4) is 11.5 Å². The largest absolute Gasteiger partial charge is 0.508 e. The molecule has 0 unspecified atom stereocenters. The molecule has 22 heavy (non-hydrogen) atoms. The van der Waals surface area contributed by atoms with Gasteiger partial charge in [-0.05, 0) is 55.3 Å². The highest BCUT2D eigenvalue weighted by Gasteiger charge is 2.04. The van der Waals surface area contributed by atoms with Gasteiger partial charge in [0.1, 0.15) is 11.5 Å². The number of carbonyl (C=O) groups excluding carboxylic acids is 1. The number of aromatic hydroxyl groups is 1. The van der Waals surface area contributed by atoms with Gasteiger partial charge in [0, 0.05) is 0 Å². The Kier molecular flexibility index (Phi) is 5.14. The van der Waals surface area contributed by atoms with E-state index < -0.39 is 0 Å². The highest BCUT2D eigenvalue weighted by molar-refractivity contribution is 5.83. The normalized spacial score (nSPS) is 10.6. The lowest BCUT2D eigenvalue weighted by atomic mass is 10.1. The summed E-state index contributed by atoms with van der Waals surface area (Å²) in [6.07, 6.45) is 1.49. The number of phenols is 1. The topological polar surface area (TPSA) is 70.9 Å². The number of carbonyl (C=O) groups is 1. The molecule has 2 aromatic rings. The van der Waals surface area contributed by atoms with E-state index in [1.54, 1.807) is 24.3 Å². The molecule has 0 radical (unpaired) electrons. The van der Waals surface area contributed by atoms with E-state index in [4.69, 9.17) is 9.84 Å². The first kappa shape index (κ1) is 15.6. The van der Waals surface area contributed by atoms with Crippen LogP contribution in [0.1, 0.15) is 16.7 Å². The minimum atomic E-state index is -0.338. The summed E-state index contributed by atoms with van der Waals surface area (Å²) >= 11 is 0. The van der Waals surface area contributed by atoms with E-state index in [1.807, 2.05) is 32.0 Å². The molecule has 0 saturated carbocycles. The first-order valence-corrected chi connectivity index (χ1v) is 6.85. The zero-order chi connectivity index (χ0) is 15.9. The van der Waals surface area contributed by atoms with Gasteiger partial charge in [-0.2, -0.15) is 5.10 Å². The molecule has 0 aliphatic carbocycles. The van der Waals surface area contributed by atoms with E-state index in [1.165, 1.54) is 6.21 Å². The number of benzene rings is 2. The number of nitrogens with zero attached hydrogens (tertiary/aromatic N) is 1. The zero-order valence-electron chi connectivity index (χ0n) is 12.5. The molecule has 0 heterocycles. The van der Waals surface area contributed by atoms with Gasteiger partial charge in [0.05, 0.1) is 6.21 Å². The lowest BCUT2D eigenvalue weighted by Gasteiger charge is -2.08. The van der Waals surface area contributed by atoms with Crippen LogP contribution in [-0.2, 0) is 4.79 Å². The molecule has 0 aliphatic rings. The molecule has 0 aromatic heterocycles. The molecule has 0 atom stereocenters. The molecule has 0 bridgehead atoms. The predicted octanol–water partition coefficient (Wildman–Crippen LogP) is 2.54. The first-order valence-electron chi connectivity index (χ1n) is 6.85. The van der Waals surface area contributed by atoms with Gasteiger partial charge in [-0.25, -0.2) is 5.43 Å². The molecule has 5 heteroatoms. The van der Waals surface area contributed by atoms with Crippen molar-refractivity contribution in [3.63, 3.8) is 0 Å². The Morgan fingerprint density at radius 3 is 2.64 bits per heavy atom. The van der Waals surface area contributed by atoms with Crippen molar-refractivity contribution in [2.24, 2.45) is 5.10 Å². The van der Waals surface area contributed by atoms with E-state index in [0.717, 1.165) is 16.7 Å². The Morgan fingerprint density at radius 2 is 1.95 bits per heavy atom. The van der Waals surface area contributed by atoms with Gasteiger partial charge in [0.25, 0.3) is 5.91 Å². The van der Waals surface area contributed by atoms with Crippen LogP contribution in [0.2, 0.25) is 0 Å². The Balaban J connectivity index is 1.81. The maximum atomic E-state index is 11.6. The molecule has 0 saturated heterocycles. The van der Waals surface area contributed by atoms with Crippen molar-refractivity contribution in [1.82, 2.24) is 5.43 Å². The minimum absolute atomic E-state index is 0.100. The van der Waals surface area contributed by atoms with Gasteiger partial charge in [-0.15, -0.1) is 0 Å². The van der Waals surface area contributed by atoms with Crippen LogP contribution in [0.15, 0.2) is 47.6 Å². The molecule has 114 valence electrons. The number of rotatable bonds is 5. The number of hydrogen-bond acceptors (Lipinski definition) is 4. The third-order valence-corrected chi connectivity index (χ3v) is 2.99. The monoisotopic (exact) mass is 298 g/mol. The second-order valence-electron chi connectivity index (χ2n) is 4.94. The zero-order valence-corrected chi connectivity index (χ0v) is 12.5. The SMILES string of the molecule is Cc1ccc(OCC(=O)N/N=C/c2ccc(O)cc2)c(C)c1. The summed E-state index contributed by atoms with van der Waals surface area (Å²) in [4.78, 5) is 11.6. The van der Waals surface area contributed by atoms with E-state index in [0.29, 0.717) is 5.75 Å². The summed E-state index contributed by atoms with van der Waals surface area (Å²) in [5.74, 6) is 0.529. The third-order valence-electron chi connectivity index (χ3n) is 2.99. The molecule has 1 amide bonds. The molecule has 0 aliphatic heterocycles. The molecule has 0 fully saturated rings. The molecule has 5 nitrogen and oxygen atoms in total. The summed E-state index contributed by atoms with van der Waals surface area (Å²) in [7, 11) is 0.